The molecule has 134 valence electrons. The van der Waals surface area contributed by atoms with Crippen LogP contribution in [0.4, 0.5) is 0 Å². The Bertz CT molecular complexity index is 754. The van der Waals surface area contributed by atoms with Crippen LogP contribution in [0.3, 0.4) is 0 Å². The number of halogens is 1. The van der Waals surface area contributed by atoms with Gasteiger partial charge < -0.3 is 14.4 Å². The quantitative estimate of drug-likeness (QED) is 0.602. The normalized spacial score (nSPS) is 19.9. The molecule has 0 unspecified atom stereocenters. The summed E-state index contributed by atoms with van der Waals surface area (Å²) in [6.07, 6.45) is 5.07. The third-order valence-electron chi connectivity index (χ3n) is 5.49. The molecule has 0 amide bonds. The van der Waals surface area contributed by atoms with Crippen LogP contribution in [0.1, 0.15) is 24.8 Å². The van der Waals surface area contributed by atoms with Crippen molar-refractivity contribution in [3.05, 3.63) is 29.2 Å². The molecule has 2 aromatic rings. The van der Waals surface area contributed by atoms with Crippen molar-refractivity contribution in [3.8, 4) is 5.75 Å². The predicted molar refractivity (Wildman–Crippen MR) is 98.3 cm³/mol. The lowest BCUT2D eigenvalue weighted by atomic mass is 9.77. The van der Waals surface area contributed by atoms with Gasteiger partial charge in [-0.3, -0.25) is 0 Å². The Balaban J connectivity index is 1.27. The molecular formula is C19H24ClN3O2. The number of benzene rings is 1. The smallest absolute Gasteiger partial charge is 0.140 e. The summed E-state index contributed by atoms with van der Waals surface area (Å²) in [4.78, 5) is 10.9. The molecule has 3 heterocycles. The average molecular weight is 362 g/mol. The molecule has 2 aliphatic rings. The van der Waals surface area contributed by atoms with Gasteiger partial charge in [0.05, 0.1) is 25.3 Å². The van der Waals surface area contributed by atoms with E-state index in [0.29, 0.717) is 10.6 Å². The van der Waals surface area contributed by atoms with Gasteiger partial charge in [-0.25, -0.2) is 9.97 Å². The minimum Gasteiger partial charge on any atom is -0.493 e. The van der Waals surface area contributed by atoms with Crippen molar-refractivity contribution >= 4 is 22.5 Å². The van der Waals surface area contributed by atoms with Gasteiger partial charge in [0.15, 0.2) is 0 Å². The van der Waals surface area contributed by atoms with Gasteiger partial charge in [0.1, 0.15) is 17.2 Å². The number of likely N-dealkylation sites (tertiary alicyclic amines) is 1. The molecule has 1 spiro atoms. The fourth-order valence-electron chi connectivity index (χ4n) is 3.72. The lowest BCUT2D eigenvalue weighted by molar-refractivity contribution is -0.139. The van der Waals surface area contributed by atoms with Crippen LogP contribution in [0.2, 0.25) is 5.15 Å². The molecular weight excluding hydrogens is 338 g/mol. The van der Waals surface area contributed by atoms with Gasteiger partial charge in [0.25, 0.3) is 0 Å². The maximum Gasteiger partial charge on any atom is 0.140 e. The first-order valence-electron chi connectivity index (χ1n) is 8.99. The van der Waals surface area contributed by atoms with Crippen molar-refractivity contribution in [2.24, 2.45) is 5.41 Å². The van der Waals surface area contributed by atoms with Crippen LogP contribution in [0.15, 0.2) is 18.5 Å². The summed E-state index contributed by atoms with van der Waals surface area (Å²) in [6.45, 7) is 8.16. The maximum atomic E-state index is 6.12. The lowest BCUT2D eigenvalue weighted by Crippen LogP contribution is -2.51. The highest BCUT2D eigenvalue weighted by atomic mass is 35.5. The van der Waals surface area contributed by atoms with E-state index < -0.39 is 0 Å². The van der Waals surface area contributed by atoms with Crippen LogP contribution in [-0.2, 0) is 4.74 Å². The van der Waals surface area contributed by atoms with Gasteiger partial charge in [0.2, 0.25) is 0 Å². The molecule has 1 aromatic carbocycles. The van der Waals surface area contributed by atoms with Crippen LogP contribution in [-0.4, -0.2) is 54.3 Å². The Labute approximate surface area is 153 Å². The number of fused-ring (bicyclic) bond motifs is 1. The largest absolute Gasteiger partial charge is 0.493 e. The fourth-order valence-corrected chi connectivity index (χ4v) is 3.91. The number of aryl methyl sites for hydroxylation is 1. The van der Waals surface area contributed by atoms with Crippen LogP contribution >= 0.6 is 11.6 Å². The van der Waals surface area contributed by atoms with Crippen molar-refractivity contribution in [3.63, 3.8) is 0 Å². The molecule has 0 N–H and O–H groups in total. The second-order valence-electron chi connectivity index (χ2n) is 7.34. The van der Waals surface area contributed by atoms with Gasteiger partial charge in [0, 0.05) is 23.4 Å². The average Bonchev–Trinajstić information content (AvgIpc) is 2.59. The van der Waals surface area contributed by atoms with E-state index in [9.17, 15) is 0 Å². The molecule has 0 aliphatic carbocycles. The summed E-state index contributed by atoms with van der Waals surface area (Å²) >= 11 is 6.12. The molecule has 0 bridgehead atoms. The lowest BCUT2D eigenvalue weighted by Gasteiger charge is -2.47. The first kappa shape index (κ1) is 17.0. The minimum atomic E-state index is 0.486. The van der Waals surface area contributed by atoms with Crippen molar-refractivity contribution in [2.75, 3.05) is 39.5 Å². The van der Waals surface area contributed by atoms with Crippen molar-refractivity contribution in [1.82, 2.24) is 14.9 Å². The molecule has 0 atom stereocenters. The zero-order chi connectivity index (χ0) is 17.3. The summed E-state index contributed by atoms with van der Waals surface area (Å²) in [5.41, 5.74) is 2.40. The predicted octanol–water partition coefficient (Wildman–Crippen LogP) is 3.47. The minimum absolute atomic E-state index is 0.486. The summed E-state index contributed by atoms with van der Waals surface area (Å²) < 4.78 is 11.4. The van der Waals surface area contributed by atoms with E-state index in [1.807, 2.05) is 19.1 Å². The molecule has 25 heavy (non-hydrogen) atoms. The van der Waals surface area contributed by atoms with Gasteiger partial charge in [-0.15, -0.1) is 0 Å². The second kappa shape index (κ2) is 7.06. The van der Waals surface area contributed by atoms with Crippen molar-refractivity contribution < 1.29 is 9.47 Å². The molecule has 0 saturated carbocycles. The topological polar surface area (TPSA) is 47.5 Å². The molecule has 2 saturated heterocycles. The Morgan fingerprint density at radius 1 is 1.24 bits per heavy atom. The summed E-state index contributed by atoms with van der Waals surface area (Å²) in [6, 6.07) is 3.96. The summed E-state index contributed by atoms with van der Waals surface area (Å²) in [5.74, 6) is 0.881. The fraction of sp³-hybridized carbons (Fsp3) is 0.579. The highest BCUT2D eigenvalue weighted by molar-refractivity contribution is 6.34. The summed E-state index contributed by atoms with van der Waals surface area (Å²) in [5, 5.41) is 1.36. The molecule has 0 radical (unpaired) electrons. The number of nitrogens with zero attached hydrogens (tertiary/aromatic N) is 3. The number of hydrogen-bond donors (Lipinski definition) is 0. The number of rotatable bonds is 5. The molecule has 2 aliphatic heterocycles. The van der Waals surface area contributed by atoms with Gasteiger partial charge >= 0.3 is 0 Å². The zero-order valence-corrected chi connectivity index (χ0v) is 15.4. The van der Waals surface area contributed by atoms with E-state index in [0.717, 1.165) is 55.0 Å². The maximum absolute atomic E-state index is 6.12. The Kier molecular flexibility index (Phi) is 4.80. The van der Waals surface area contributed by atoms with Crippen LogP contribution in [0.5, 0.6) is 5.75 Å². The highest BCUT2D eigenvalue weighted by Gasteiger charge is 2.40. The van der Waals surface area contributed by atoms with Crippen LogP contribution in [0.25, 0.3) is 10.9 Å². The van der Waals surface area contributed by atoms with E-state index in [-0.39, 0.29) is 0 Å². The third kappa shape index (κ3) is 3.59. The summed E-state index contributed by atoms with van der Waals surface area (Å²) in [7, 11) is 0. The Hall–Kier alpha value is -1.43. The second-order valence-corrected chi connectivity index (χ2v) is 7.69. The number of hydrogen-bond acceptors (Lipinski definition) is 5. The molecule has 1 aromatic heterocycles. The van der Waals surface area contributed by atoms with E-state index in [2.05, 4.69) is 14.9 Å². The van der Waals surface area contributed by atoms with Crippen LogP contribution < -0.4 is 4.74 Å². The SMILES string of the molecule is Cc1cc2c(Cl)ncnc2cc1OCCCN1CCC2(CC1)COC2. The van der Waals surface area contributed by atoms with Gasteiger partial charge in [-0.2, -0.15) is 0 Å². The van der Waals surface area contributed by atoms with E-state index >= 15 is 0 Å². The number of piperidine rings is 1. The molecule has 6 heteroatoms. The van der Waals surface area contributed by atoms with Gasteiger partial charge in [-0.05, 0) is 50.9 Å². The Morgan fingerprint density at radius 2 is 2.04 bits per heavy atom. The van der Waals surface area contributed by atoms with Gasteiger partial charge in [-0.1, -0.05) is 11.6 Å². The van der Waals surface area contributed by atoms with Crippen molar-refractivity contribution in [1.29, 1.82) is 0 Å². The van der Waals surface area contributed by atoms with Crippen LogP contribution in [0, 0.1) is 12.3 Å². The first-order chi connectivity index (χ1) is 12.2. The molecule has 4 rings (SSSR count). The molecule has 5 nitrogen and oxygen atoms in total. The standard InChI is InChI=1S/C19H24ClN3O2/c1-14-9-15-16(21-13-22-18(15)20)10-17(14)25-8-2-5-23-6-3-19(4-7-23)11-24-12-19/h9-10,13H,2-8,11-12H2,1H3. The number of ether oxygens (including phenoxy) is 2. The monoisotopic (exact) mass is 361 g/mol. The Morgan fingerprint density at radius 3 is 2.76 bits per heavy atom. The van der Waals surface area contributed by atoms with Crippen molar-refractivity contribution in [2.45, 2.75) is 26.2 Å². The number of aromatic nitrogens is 2. The third-order valence-corrected chi connectivity index (χ3v) is 5.79. The van der Waals surface area contributed by atoms with E-state index in [1.165, 1.54) is 32.3 Å². The molecule has 2 fully saturated rings. The van der Waals surface area contributed by atoms with E-state index in [4.69, 9.17) is 21.1 Å². The zero-order valence-electron chi connectivity index (χ0n) is 14.6. The highest BCUT2D eigenvalue weighted by Crippen LogP contribution is 2.38. The van der Waals surface area contributed by atoms with E-state index in [1.54, 1.807) is 0 Å². The first-order valence-corrected chi connectivity index (χ1v) is 9.37.